The summed E-state index contributed by atoms with van der Waals surface area (Å²) in [5, 5.41) is 6.18. The Kier molecular flexibility index (Phi) is 2.62. The van der Waals surface area contributed by atoms with Crippen molar-refractivity contribution in [2.75, 3.05) is 10.6 Å². The third kappa shape index (κ3) is 2.12. The van der Waals surface area contributed by atoms with Gasteiger partial charge in [-0.25, -0.2) is 0 Å². The van der Waals surface area contributed by atoms with Crippen LogP contribution in [0.1, 0.15) is 20.3 Å². The first-order valence-corrected chi connectivity index (χ1v) is 5.33. The molecular weight excluding hydrogens is 188 g/mol. The van der Waals surface area contributed by atoms with Gasteiger partial charge in [-0.15, -0.1) is 0 Å². The lowest BCUT2D eigenvalue weighted by Crippen LogP contribution is -2.39. The van der Waals surface area contributed by atoms with Gasteiger partial charge in [0.2, 0.25) is 5.91 Å². The molecule has 3 heteroatoms. The molecule has 0 saturated heterocycles. The van der Waals surface area contributed by atoms with E-state index in [9.17, 15) is 4.79 Å². The second kappa shape index (κ2) is 3.93. The monoisotopic (exact) mass is 204 g/mol. The Hall–Kier alpha value is -1.51. The van der Waals surface area contributed by atoms with E-state index in [0.717, 1.165) is 17.8 Å². The molecule has 1 heterocycles. The van der Waals surface area contributed by atoms with Crippen molar-refractivity contribution >= 4 is 17.3 Å². The van der Waals surface area contributed by atoms with E-state index in [0.29, 0.717) is 5.92 Å². The number of amides is 1. The standard InChI is InChI=1S/C12H16N2O/c1-8(2)7-11-12(15)14-10-6-4-3-5-9(10)13-11/h3-6,8,11,13H,7H2,1-2H3,(H,14,15). The summed E-state index contributed by atoms with van der Waals surface area (Å²) in [6.45, 7) is 4.24. The van der Waals surface area contributed by atoms with Crippen molar-refractivity contribution in [3.05, 3.63) is 24.3 Å². The highest BCUT2D eigenvalue weighted by molar-refractivity contribution is 6.02. The zero-order valence-corrected chi connectivity index (χ0v) is 9.08. The Bertz CT molecular complexity index is 374. The highest BCUT2D eigenvalue weighted by Crippen LogP contribution is 2.27. The number of anilines is 2. The summed E-state index contributed by atoms with van der Waals surface area (Å²) in [6.07, 6.45) is 0.861. The Morgan fingerprint density at radius 2 is 1.93 bits per heavy atom. The third-order valence-corrected chi connectivity index (χ3v) is 2.54. The maximum atomic E-state index is 11.7. The van der Waals surface area contributed by atoms with Crippen molar-refractivity contribution in [3.63, 3.8) is 0 Å². The number of rotatable bonds is 2. The molecule has 1 atom stereocenters. The van der Waals surface area contributed by atoms with Crippen LogP contribution in [0.5, 0.6) is 0 Å². The highest BCUT2D eigenvalue weighted by atomic mass is 16.2. The summed E-state index contributed by atoms with van der Waals surface area (Å²) in [4.78, 5) is 11.7. The maximum absolute atomic E-state index is 11.7. The fourth-order valence-corrected chi connectivity index (χ4v) is 1.83. The topological polar surface area (TPSA) is 41.1 Å². The van der Waals surface area contributed by atoms with E-state index in [1.165, 1.54) is 0 Å². The van der Waals surface area contributed by atoms with Gasteiger partial charge in [-0.3, -0.25) is 4.79 Å². The van der Waals surface area contributed by atoms with E-state index in [1.807, 2.05) is 24.3 Å². The number of fused-ring (bicyclic) bond motifs is 1. The fraction of sp³-hybridized carbons (Fsp3) is 0.417. The van der Waals surface area contributed by atoms with Crippen LogP contribution >= 0.6 is 0 Å². The molecular formula is C12H16N2O. The number of para-hydroxylation sites is 2. The summed E-state index contributed by atoms with van der Waals surface area (Å²) < 4.78 is 0. The van der Waals surface area contributed by atoms with Gasteiger partial charge in [-0.05, 0) is 24.5 Å². The lowest BCUT2D eigenvalue weighted by molar-refractivity contribution is -0.117. The van der Waals surface area contributed by atoms with E-state index in [2.05, 4.69) is 24.5 Å². The van der Waals surface area contributed by atoms with Crippen LogP contribution < -0.4 is 10.6 Å². The molecule has 0 radical (unpaired) electrons. The second-order valence-electron chi connectivity index (χ2n) is 4.36. The molecule has 80 valence electrons. The van der Waals surface area contributed by atoms with E-state index in [1.54, 1.807) is 0 Å². The SMILES string of the molecule is CC(C)CC1Nc2ccccc2NC1=O. The maximum Gasteiger partial charge on any atom is 0.246 e. The van der Waals surface area contributed by atoms with Crippen molar-refractivity contribution in [2.45, 2.75) is 26.3 Å². The predicted molar refractivity (Wildman–Crippen MR) is 61.9 cm³/mol. The summed E-state index contributed by atoms with van der Waals surface area (Å²) in [7, 11) is 0. The van der Waals surface area contributed by atoms with Crippen molar-refractivity contribution in [2.24, 2.45) is 5.92 Å². The number of benzene rings is 1. The van der Waals surface area contributed by atoms with Gasteiger partial charge in [0.1, 0.15) is 6.04 Å². The molecule has 0 aromatic heterocycles. The molecule has 0 saturated carbocycles. The van der Waals surface area contributed by atoms with Crippen LogP contribution in [0.2, 0.25) is 0 Å². The van der Waals surface area contributed by atoms with E-state index in [4.69, 9.17) is 0 Å². The van der Waals surface area contributed by atoms with Gasteiger partial charge < -0.3 is 10.6 Å². The molecule has 2 N–H and O–H groups in total. The normalized spacial score (nSPS) is 19.4. The van der Waals surface area contributed by atoms with E-state index < -0.39 is 0 Å². The molecule has 0 aliphatic carbocycles. The molecule has 1 unspecified atom stereocenters. The first-order chi connectivity index (χ1) is 7.16. The summed E-state index contributed by atoms with van der Waals surface area (Å²) in [6, 6.07) is 7.69. The quantitative estimate of drug-likeness (QED) is 0.777. The summed E-state index contributed by atoms with van der Waals surface area (Å²) >= 11 is 0. The zero-order chi connectivity index (χ0) is 10.8. The van der Waals surface area contributed by atoms with Crippen LogP contribution in [0.25, 0.3) is 0 Å². The Morgan fingerprint density at radius 3 is 2.60 bits per heavy atom. The Balaban J connectivity index is 2.18. The molecule has 1 aromatic carbocycles. The molecule has 15 heavy (non-hydrogen) atoms. The van der Waals surface area contributed by atoms with Crippen LogP contribution in [0.3, 0.4) is 0 Å². The molecule has 1 aromatic rings. The van der Waals surface area contributed by atoms with Crippen LogP contribution in [0.4, 0.5) is 11.4 Å². The average molecular weight is 204 g/mol. The van der Waals surface area contributed by atoms with Gasteiger partial charge in [-0.1, -0.05) is 26.0 Å². The van der Waals surface area contributed by atoms with Gasteiger partial charge in [0, 0.05) is 0 Å². The van der Waals surface area contributed by atoms with Crippen LogP contribution in [0, 0.1) is 5.92 Å². The molecule has 3 nitrogen and oxygen atoms in total. The van der Waals surface area contributed by atoms with Gasteiger partial charge in [0.15, 0.2) is 0 Å². The van der Waals surface area contributed by atoms with Crippen molar-refractivity contribution in [1.82, 2.24) is 0 Å². The number of carbonyl (C=O) groups excluding carboxylic acids is 1. The first kappa shape index (κ1) is 10.0. The summed E-state index contributed by atoms with van der Waals surface area (Å²) in [5.74, 6) is 0.584. The zero-order valence-electron chi connectivity index (χ0n) is 9.08. The fourth-order valence-electron chi connectivity index (χ4n) is 1.83. The Labute approximate surface area is 89.9 Å². The minimum atomic E-state index is -0.0973. The van der Waals surface area contributed by atoms with Crippen molar-refractivity contribution < 1.29 is 4.79 Å². The molecule has 2 rings (SSSR count). The molecule has 0 fully saturated rings. The smallest absolute Gasteiger partial charge is 0.246 e. The highest BCUT2D eigenvalue weighted by Gasteiger charge is 2.25. The average Bonchev–Trinajstić information content (AvgIpc) is 2.18. The van der Waals surface area contributed by atoms with Gasteiger partial charge in [0.05, 0.1) is 11.4 Å². The lowest BCUT2D eigenvalue weighted by atomic mass is 10.0. The molecule has 0 bridgehead atoms. The molecule has 1 aliphatic heterocycles. The lowest BCUT2D eigenvalue weighted by Gasteiger charge is -2.27. The van der Waals surface area contributed by atoms with Crippen LogP contribution in [0.15, 0.2) is 24.3 Å². The minimum absolute atomic E-state index is 0.0717. The van der Waals surface area contributed by atoms with Crippen LogP contribution in [-0.2, 0) is 4.79 Å². The molecule has 1 amide bonds. The van der Waals surface area contributed by atoms with Gasteiger partial charge >= 0.3 is 0 Å². The number of hydrogen-bond acceptors (Lipinski definition) is 2. The second-order valence-corrected chi connectivity index (χ2v) is 4.36. The third-order valence-electron chi connectivity index (χ3n) is 2.54. The molecule has 1 aliphatic rings. The minimum Gasteiger partial charge on any atom is -0.372 e. The number of hydrogen-bond donors (Lipinski definition) is 2. The number of carbonyl (C=O) groups is 1. The van der Waals surface area contributed by atoms with E-state index >= 15 is 0 Å². The largest absolute Gasteiger partial charge is 0.372 e. The molecule has 0 spiro atoms. The summed E-state index contributed by atoms with van der Waals surface area (Å²) in [5.41, 5.74) is 1.89. The van der Waals surface area contributed by atoms with Crippen molar-refractivity contribution in [3.8, 4) is 0 Å². The number of nitrogens with one attached hydrogen (secondary N) is 2. The predicted octanol–water partition coefficient (Wildman–Crippen LogP) is 2.47. The van der Waals surface area contributed by atoms with Gasteiger partial charge in [0.25, 0.3) is 0 Å². The first-order valence-electron chi connectivity index (χ1n) is 5.33. The van der Waals surface area contributed by atoms with Crippen LogP contribution in [-0.4, -0.2) is 11.9 Å². The van der Waals surface area contributed by atoms with Gasteiger partial charge in [-0.2, -0.15) is 0 Å². The Morgan fingerprint density at radius 1 is 1.27 bits per heavy atom. The van der Waals surface area contributed by atoms with E-state index in [-0.39, 0.29) is 11.9 Å². The van der Waals surface area contributed by atoms with Crippen molar-refractivity contribution in [1.29, 1.82) is 0 Å².